The summed E-state index contributed by atoms with van der Waals surface area (Å²) in [5.74, 6) is -0.332. The molecule has 2 amide bonds. The highest BCUT2D eigenvalue weighted by molar-refractivity contribution is 9.12. The second-order valence-electron chi connectivity index (χ2n) is 4.07. The minimum atomic E-state index is -1.02. The van der Waals surface area contributed by atoms with Crippen molar-refractivity contribution in [2.75, 3.05) is 17.4 Å². The number of hydrogen-bond donors (Lipinski definition) is 2. The number of hydrogen-bond acceptors (Lipinski definition) is 3. The van der Waals surface area contributed by atoms with E-state index in [9.17, 15) is 9.59 Å². The normalized spacial score (nSPS) is 13.2. The highest BCUT2D eigenvalue weighted by Gasteiger charge is 2.28. The highest BCUT2D eigenvalue weighted by atomic mass is 79.9. The number of fused-ring (bicyclic) bond motifs is 1. The summed E-state index contributed by atoms with van der Waals surface area (Å²) in [6.07, 6.45) is -1.02. The van der Waals surface area contributed by atoms with E-state index in [1.165, 1.54) is 5.01 Å². The average molecular weight is 326 g/mol. The molecular formula is C12H12BrN3O3. The summed E-state index contributed by atoms with van der Waals surface area (Å²) in [6, 6.07) is 5.24. The maximum absolute atomic E-state index is 11.5. The third-order valence-corrected chi connectivity index (χ3v) is 3.20. The van der Waals surface area contributed by atoms with Crippen molar-refractivity contribution in [1.29, 1.82) is 0 Å². The smallest absolute Gasteiger partial charge is 0.426 e. The van der Waals surface area contributed by atoms with Gasteiger partial charge in [0.15, 0.2) is 0 Å². The Morgan fingerprint density at radius 2 is 2.16 bits per heavy atom. The third kappa shape index (κ3) is 2.55. The topological polar surface area (TPSA) is 72.9 Å². The molecule has 19 heavy (non-hydrogen) atoms. The van der Waals surface area contributed by atoms with Crippen LogP contribution in [0.3, 0.4) is 0 Å². The van der Waals surface area contributed by atoms with Crippen LogP contribution >= 0.6 is 15.9 Å². The van der Waals surface area contributed by atoms with Gasteiger partial charge in [-0.15, -0.1) is 0 Å². The highest BCUT2D eigenvalue weighted by Crippen LogP contribution is 2.32. The third-order valence-electron chi connectivity index (χ3n) is 2.84. The minimum absolute atomic E-state index is 0.234. The quantitative estimate of drug-likeness (QED) is 0.819. The molecule has 1 aliphatic rings. The molecule has 1 heterocycles. The lowest BCUT2D eigenvalue weighted by Gasteiger charge is -2.22. The van der Waals surface area contributed by atoms with E-state index in [1.54, 1.807) is 30.3 Å². The van der Waals surface area contributed by atoms with Crippen LogP contribution in [0.1, 0.15) is 5.56 Å². The number of carboxylic acid groups (broad SMARTS) is 1. The molecule has 7 heteroatoms. The molecule has 0 aliphatic carbocycles. The van der Waals surface area contributed by atoms with Crippen molar-refractivity contribution in [1.82, 2.24) is 5.01 Å². The van der Waals surface area contributed by atoms with Crippen molar-refractivity contribution in [3.05, 3.63) is 34.8 Å². The van der Waals surface area contributed by atoms with E-state index in [0.29, 0.717) is 5.69 Å². The van der Waals surface area contributed by atoms with Crippen molar-refractivity contribution in [3.63, 3.8) is 0 Å². The monoisotopic (exact) mass is 325 g/mol. The SMILES string of the molecule is C=C(Br)C(=O)Nc1ccc2c(c1)CN(C(=O)O)N2C. The average Bonchev–Trinajstić information content (AvgIpc) is 2.66. The van der Waals surface area contributed by atoms with E-state index < -0.39 is 6.09 Å². The molecule has 0 atom stereocenters. The van der Waals surface area contributed by atoms with E-state index in [1.807, 2.05) is 0 Å². The van der Waals surface area contributed by atoms with E-state index in [-0.39, 0.29) is 16.9 Å². The van der Waals surface area contributed by atoms with Crippen LogP contribution in [-0.4, -0.2) is 29.2 Å². The van der Waals surface area contributed by atoms with Gasteiger partial charge >= 0.3 is 6.09 Å². The number of halogens is 1. The van der Waals surface area contributed by atoms with Gasteiger partial charge < -0.3 is 10.4 Å². The lowest BCUT2D eigenvalue weighted by Crippen LogP contribution is -2.38. The Morgan fingerprint density at radius 1 is 1.47 bits per heavy atom. The lowest BCUT2D eigenvalue weighted by atomic mass is 10.1. The van der Waals surface area contributed by atoms with Crippen LogP contribution in [0.4, 0.5) is 16.2 Å². The number of hydrazine groups is 1. The molecule has 0 unspecified atom stereocenters. The Bertz CT molecular complexity index is 573. The van der Waals surface area contributed by atoms with Gasteiger partial charge in [-0.2, -0.15) is 0 Å². The molecule has 0 radical (unpaired) electrons. The molecule has 0 fully saturated rings. The van der Waals surface area contributed by atoms with Gasteiger partial charge in [-0.3, -0.25) is 9.80 Å². The van der Waals surface area contributed by atoms with Crippen LogP contribution in [0.25, 0.3) is 0 Å². The van der Waals surface area contributed by atoms with Crippen molar-refractivity contribution in [2.24, 2.45) is 0 Å². The van der Waals surface area contributed by atoms with Crippen LogP contribution in [0.2, 0.25) is 0 Å². The van der Waals surface area contributed by atoms with Gasteiger partial charge in [-0.1, -0.05) is 6.58 Å². The molecule has 2 rings (SSSR count). The van der Waals surface area contributed by atoms with Crippen molar-refractivity contribution >= 4 is 39.3 Å². The van der Waals surface area contributed by atoms with Crippen molar-refractivity contribution in [2.45, 2.75) is 6.54 Å². The van der Waals surface area contributed by atoms with E-state index in [2.05, 4.69) is 27.8 Å². The number of rotatable bonds is 2. The van der Waals surface area contributed by atoms with Gasteiger partial charge in [0.1, 0.15) is 0 Å². The largest absolute Gasteiger partial charge is 0.464 e. The van der Waals surface area contributed by atoms with Crippen LogP contribution in [0, 0.1) is 0 Å². The first-order valence-corrected chi connectivity index (χ1v) is 6.22. The summed E-state index contributed by atoms with van der Waals surface area (Å²) in [4.78, 5) is 22.5. The summed E-state index contributed by atoms with van der Waals surface area (Å²) in [5, 5.41) is 14.5. The summed E-state index contributed by atoms with van der Waals surface area (Å²) in [5.41, 5.74) is 2.24. The van der Waals surface area contributed by atoms with Gasteiger partial charge in [-0.25, -0.2) is 9.80 Å². The molecule has 6 nitrogen and oxygen atoms in total. The predicted octanol–water partition coefficient (Wildman–Crippen LogP) is 2.38. The first-order valence-electron chi connectivity index (χ1n) is 5.43. The predicted molar refractivity (Wildman–Crippen MR) is 75.1 cm³/mol. The minimum Gasteiger partial charge on any atom is -0.464 e. The maximum atomic E-state index is 11.5. The Morgan fingerprint density at radius 3 is 2.74 bits per heavy atom. The molecule has 1 aliphatic heterocycles. The molecule has 0 aromatic heterocycles. The number of anilines is 2. The summed E-state index contributed by atoms with van der Waals surface area (Å²) in [7, 11) is 1.68. The van der Waals surface area contributed by atoms with E-state index in [0.717, 1.165) is 11.3 Å². The zero-order valence-corrected chi connectivity index (χ0v) is 11.8. The zero-order valence-electron chi connectivity index (χ0n) is 10.2. The molecule has 1 aromatic rings. The van der Waals surface area contributed by atoms with Crippen LogP contribution < -0.4 is 10.3 Å². The molecule has 0 bridgehead atoms. The number of amides is 2. The molecule has 1 aromatic carbocycles. The number of carbonyl (C=O) groups is 2. The fraction of sp³-hybridized carbons (Fsp3) is 0.167. The van der Waals surface area contributed by atoms with Gasteiger partial charge in [0.05, 0.1) is 16.7 Å². The summed E-state index contributed by atoms with van der Waals surface area (Å²) < 4.78 is 0.234. The van der Waals surface area contributed by atoms with Gasteiger partial charge in [-0.05, 0) is 34.1 Å². The van der Waals surface area contributed by atoms with E-state index in [4.69, 9.17) is 5.11 Å². The standard InChI is InChI=1S/C12H12BrN3O3/c1-7(13)11(17)14-9-3-4-10-8(5-9)6-16(12(18)19)15(10)2/h3-5H,1,6H2,2H3,(H,14,17)(H,18,19). The first kappa shape index (κ1) is 13.4. The Hall–Kier alpha value is -2.02. The fourth-order valence-electron chi connectivity index (χ4n) is 1.90. The van der Waals surface area contributed by atoms with Crippen molar-refractivity contribution in [3.8, 4) is 0 Å². The number of carbonyl (C=O) groups excluding carboxylic acids is 1. The summed E-state index contributed by atoms with van der Waals surface area (Å²) >= 11 is 3.00. The molecule has 100 valence electrons. The van der Waals surface area contributed by atoms with Gasteiger partial charge in [0.2, 0.25) is 0 Å². The molecule has 0 spiro atoms. The maximum Gasteiger partial charge on any atom is 0.426 e. The first-order chi connectivity index (χ1) is 8.90. The summed E-state index contributed by atoms with van der Waals surface area (Å²) in [6.45, 7) is 3.75. The zero-order chi connectivity index (χ0) is 14.2. The van der Waals surface area contributed by atoms with Gasteiger partial charge in [0.25, 0.3) is 5.91 Å². The van der Waals surface area contributed by atoms with Crippen LogP contribution in [0.15, 0.2) is 29.3 Å². The number of nitrogens with zero attached hydrogens (tertiary/aromatic N) is 2. The number of nitrogens with one attached hydrogen (secondary N) is 1. The molecule has 2 N–H and O–H groups in total. The van der Waals surface area contributed by atoms with Gasteiger partial charge in [0, 0.05) is 18.3 Å². The second kappa shape index (κ2) is 4.93. The van der Waals surface area contributed by atoms with Crippen LogP contribution in [-0.2, 0) is 11.3 Å². The van der Waals surface area contributed by atoms with Crippen molar-refractivity contribution < 1.29 is 14.7 Å². The second-order valence-corrected chi connectivity index (χ2v) is 5.02. The molecule has 0 saturated heterocycles. The Labute approximate surface area is 118 Å². The Kier molecular flexibility index (Phi) is 3.48. The van der Waals surface area contributed by atoms with Crippen LogP contribution in [0.5, 0.6) is 0 Å². The lowest BCUT2D eigenvalue weighted by molar-refractivity contribution is -0.112. The Balaban J connectivity index is 2.23. The fourth-order valence-corrected chi connectivity index (χ4v) is 2.00. The molecular weight excluding hydrogens is 314 g/mol. The number of benzene rings is 1. The van der Waals surface area contributed by atoms with E-state index >= 15 is 0 Å². The molecule has 0 saturated carbocycles.